The van der Waals surface area contributed by atoms with Crippen molar-refractivity contribution in [1.29, 1.82) is 0 Å². The normalized spacial score (nSPS) is 19.9. The number of anilines is 1. The molecule has 0 bridgehead atoms. The summed E-state index contributed by atoms with van der Waals surface area (Å²) in [7, 11) is 0. The van der Waals surface area contributed by atoms with Gasteiger partial charge in [-0.3, -0.25) is 19.8 Å². The van der Waals surface area contributed by atoms with Crippen molar-refractivity contribution in [1.82, 2.24) is 15.5 Å². The number of urea groups is 1. The number of carbonyl (C=O) groups is 3. The fourth-order valence-corrected chi connectivity index (χ4v) is 4.17. The molecule has 2 aliphatic rings. The van der Waals surface area contributed by atoms with Crippen LogP contribution in [0.3, 0.4) is 0 Å². The molecule has 7 nitrogen and oxygen atoms in total. The predicted octanol–water partition coefficient (Wildman–Crippen LogP) is 2.88. The maximum Gasteiger partial charge on any atom is 0.321 e. The summed E-state index contributed by atoms with van der Waals surface area (Å²) >= 11 is 0. The highest BCUT2D eigenvalue weighted by molar-refractivity contribution is 5.97. The number of nitrogens with zero attached hydrogens (tertiary/aromatic N) is 1. The van der Waals surface area contributed by atoms with E-state index in [9.17, 15) is 14.4 Å². The average molecular weight is 401 g/mol. The monoisotopic (exact) mass is 400 g/mol. The highest BCUT2D eigenvalue weighted by Crippen LogP contribution is 2.21. The van der Waals surface area contributed by atoms with Crippen LogP contribution in [0.1, 0.15) is 51.9 Å². The summed E-state index contributed by atoms with van der Waals surface area (Å²) in [6, 6.07) is 8.82. The van der Waals surface area contributed by atoms with Gasteiger partial charge < -0.3 is 10.6 Å². The molecule has 3 rings (SSSR count). The molecule has 7 heteroatoms. The first-order valence-electron chi connectivity index (χ1n) is 10.7. The van der Waals surface area contributed by atoms with Crippen LogP contribution in [0.25, 0.3) is 0 Å². The Kier molecular flexibility index (Phi) is 7.63. The van der Waals surface area contributed by atoms with Gasteiger partial charge in [-0.2, -0.15) is 0 Å². The van der Waals surface area contributed by atoms with E-state index in [0.29, 0.717) is 25.9 Å². The van der Waals surface area contributed by atoms with Gasteiger partial charge in [-0.25, -0.2) is 4.79 Å². The second-order valence-electron chi connectivity index (χ2n) is 8.14. The number of benzene rings is 1. The van der Waals surface area contributed by atoms with Crippen molar-refractivity contribution in [2.45, 2.75) is 64.0 Å². The quantitative estimate of drug-likeness (QED) is 0.709. The van der Waals surface area contributed by atoms with Crippen LogP contribution in [0.15, 0.2) is 30.3 Å². The number of piperidine rings is 1. The number of para-hydroxylation sites is 1. The smallest absolute Gasteiger partial charge is 0.321 e. The predicted molar refractivity (Wildman–Crippen MR) is 112 cm³/mol. The Balaban J connectivity index is 1.40. The van der Waals surface area contributed by atoms with Crippen molar-refractivity contribution in [3.63, 3.8) is 0 Å². The third-order valence-electron chi connectivity index (χ3n) is 6.05. The molecule has 1 saturated heterocycles. The zero-order valence-corrected chi connectivity index (χ0v) is 17.2. The van der Waals surface area contributed by atoms with E-state index >= 15 is 0 Å². The molecule has 1 aliphatic carbocycles. The molecule has 2 fully saturated rings. The molecule has 0 aromatic heterocycles. The lowest BCUT2D eigenvalue weighted by Gasteiger charge is -2.34. The van der Waals surface area contributed by atoms with Crippen LogP contribution in [-0.4, -0.2) is 47.9 Å². The van der Waals surface area contributed by atoms with E-state index in [1.54, 1.807) is 0 Å². The fraction of sp³-hybridized carbons (Fsp3) is 0.591. The summed E-state index contributed by atoms with van der Waals surface area (Å²) in [5.74, 6) is -0.318. The second kappa shape index (κ2) is 10.4. The number of carbonyl (C=O) groups excluding carboxylic acids is 3. The van der Waals surface area contributed by atoms with Gasteiger partial charge in [0.25, 0.3) is 0 Å². The van der Waals surface area contributed by atoms with Crippen molar-refractivity contribution in [2.24, 2.45) is 5.92 Å². The van der Waals surface area contributed by atoms with Crippen LogP contribution < -0.4 is 16.0 Å². The summed E-state index contributed by atoms with van der Waals surface area (Å²) in [6.07, 6.45) is 6.83. The topological polar surface area (TPSA) is 90.5 Å². The summed E-state index contributed by atoms with van der Waals surface area (Å²) in [5.41, 5.74) is 0.802. The van der Waals surface area contributed by atoms with E-state index in [0.717, 1.165) is 31.4 Å². The lowest BCUT2D eigenvalue weighted by atomic mass is 9.94. The molecular weight excluding hydrogens is 368 g/mol. The van der Waals surface area contributed by atoms with E-state index in [1.807, 2.05) is 42.2 Å². The molecule has 158 valence electrons. The van der Waals surface area contributed by atoms with Gasteiger partial charge in [-0.1, -0.05) is 37.5 Å². The number of imide groups is 1. The highest BCUT2D eigenvalue weighted by atomic mass is 16.2. The molecule has 1 heterocycles. The Morgan fingerprint density at radius 1 is 0.966 bits per heavy atom. The maximum absolute atomic E-state index is 12.5. The Morgan fingerprint density at radius 2 is 1.62 bits per heavy atom. The Morgan fingerprint density at radius 3 is 2.28 bits per heavy atom. The number of nitrogens with one attached hydrogen (secondary N) is 3. The van der Waals surface area contributed by atoms with Crippen molar-refractivity contribution in [3.8, 4) is 0 Å². The van der Waals surface area contributed by atoms with Crippen LogP contribution in [0.2, 0.25) is 0 Å². The summed E-state index contributed by atoms with van der Waals surface area (Å²) < 4.78 is 0. The van der Waals surface area contributed by atoms with Crippen LogP contribution in [0.4, 0.5) is 10.5 Å². The summed E-state index contributed by atoms with van der Waals surface area (Å²) in [5, 5.41) is 8.35. The number of amides is 4. The van der Waals surface area contributed by atoms with Gasteiger partial charge in [-0.05, 0) is 57.8 Å². The van der Waals surface area contributed by atoms with Gasteiger partial charge in [0.1, 0.15) is 0 Å². The van der Waals surface area contributed by atoms with Crippen LogP contribution in [0.5, 0.6) is 0 Å². The first-order chi connectivity index (χ1) is 14.0. The number of likely N-dealkylation sites (tertiary alicyclic amines) is 1. The van der Waals surface area contributed by atoms with Gasteiger partial charge >= 0.3 is 6.03 Å². The standard InChI is InChI=1S/C22H32N4O3/c1-16(20(27)25-22(29)24-19-10-6-3-7-11-19)26-14-12-17(13-15-26)21(28)23-18-8-4-2-5-9-18/h2,4-5,8-9,16-17,19H,3,6-7,10-15H2,1H3,(H,23,28)(H2,24,25,27,29). The average Bonchev–Trinajstić information content (AvgIpc) is 2.74. The number of hydrogen-bond acceptors (Lipinski definition) is 4. The minimum absolute atomic E-state index is 0.0276. The number of rotatable bonds is 5. The molecule has 29 heavy (non-hydrogen) atoms. The second-order valence-corrected chi connectivity index (χ2v) is 8.14. The largest absolute Gasteiger partial charge is 0.335 e. The molecule has 1 atom stereocenters. The lowest BCUT2D eigenvalue weighted by molar-refractivity contribution is -0.126. The SMILES string of the molecule is CC(C(=O)NC(=O)NC1CCCCC1)N1CCC(C(=O)Nc2ccccc2)CC1. The molecular formula is C22H32N4O3. The first-order valence-corrected chi connectivity index (χ1v) is 10.7. The van der Waals surface area contributed by atoms with E-state index < -0.39 is 12.1 Å². The van der Waals surface area contributed by atoms with E-state index in [1.165, 1.54) is 6.42 Å². The van der Waals surface area contributed by atoms with Gasteiger partial charge in [-0.15, -0.1) is 0 Å². The fourth-order valence-electron chi connectivity index (χ4n) is 4.17. The minimum atomic E-state index is -0.398. The molecule has 3 N–H and O–H groups in total. The molecule has 1 unspecified atom stereocenters. The molecule has 0 radical (unpaired) electrons. The van der Waals surface area contributed by atoms with Gasteiger partial charge in [0, 0.05) is 17.6 Å². The van der Waals surface area contributed by atoms with Crippen LogP contribution >= 0.6 is 0 Å². The first kappa shape index (κ1) is 21.3. The molecule has 1 aromatic rings. The van der Waals surface area contributed by atoms with E-state index in [2.05, 4.69) is 16.0 Å². The Hall–Kier alpha value is -2.41. The molecule has 4 amide bonds. The van der Waals surface area contributed by atoms with Crippen molar-refractivity contribution >= 4 is 23.5 Å². The zero-order valence-electron chi connectivity index (χ0n) is 17.2. The highest BCUT2D eigenvalue weighted by Gasteiger charge is 2.30. The van der Waals surface area contributed by atoms with Gasteiger partial charge in [0.05, 0.1) is 6.04 Å². The lowest BCUT2D eigenvalue weighted by Crippen LogP contribution is -2.53. The number of hydrogen-bond donors (Lipinski definition) is 3. The van der Waals surface area contributed by atoms with Gasteiger partial charge in [0.2, 0.25) is 11.8 Å². The minimum Gasteiger partial charge on any atom is -0.335 e. The van der Waals surface area contributed by atoms with Crippen molar-refractivity contribution < 1.29 is 14.4 Å². The summed E-state index contributed by atoms with van der Waals surface area (Å²) in [4.78, 5) is 39.1. The van der Waals surface area contributed by atoms with Gasteiger partial charge in [0.15, 0.2) is 0 Å². The van der Waals surface area contributed by atoms with Crippen LogP contribution in [-0.2, 0) is 9.59 Å². The third-order valence-corrected chi connectivity index (χ3v) is 6.05. The van der Waals surface area contributed by atoms with E-state index in [-0.39, 0.29) is 23.8 Å². The molecule has 1 aliphatic heterocycles. The Labute approximate surface area is 172 Å². The Bertz CT molecular complexity index is 695. The van der Waals surface area contributed by atoms with Crippen molar-refractivity contribution in [3.05, 3.63) is 30.3 Å². The van der Waals surface area contributed by atoms with Crippen LogP contribution in [0, 0.1) is 5.92 Å². The van der Waals surface area contributed by atoms with E-state index in [4.69, 9.17) is 0 Å². The third kappa shape index (κ3) is 6.29. The zero-order chi connectivity index (χ0) is 20.6. The summed E-state index contributed by atoms with van der Waals surface area (Å²) in [6.45, 7) is 3.13. The molecule has 1 saturated carbocycles. The molecule has 0 spiro atoms. The van der Waals surface area contributed by atoms with Crippen molar-refractivity contribution in [2.75, 3.05) is 18.4 Å². The molecule has 1 aromatic carbocycles. The maximum atomic E-state index is 12.5.